The molecule has 0 rings (SSSR count). The Labute approximate surface area is 75.1 Å². The van der Waals surface area contributed by atoms with Crippen LogP contribution in [-0.2, 0) is 4.79 Å². The molecule has 0 heterocycles. The van der Waals surface area contributed by atoms with E-state index >= 15 is 0 Å². The van der Waals surface area contributed by atoms with E-state index in [1.807, 2.05) is 0 Å². The molecule has 0 aromatic heterocycles. The van der Waals surface area contributed by atoms with Gasteiger partial charge >= 0.3 is 0 Å². The summed E-state index contributed by atoms with van der Waals surface area (Å²) in [6, 6.07) is 0.615. The van der Waals surface area contributed by atoms with E-state index in [2.05, 4.69) is 31.1 Å². The first-order valence-corrected chi connectivity index (χ1v) is 4.55. The molecular formula is C9H20N2O. The van der Waals surface area contributed by atoms with Gasteiger partial charge in [-0.2, -0.15) is 0 Å². The molecule has 3 nitrogen and oxygen atoms in total. The Kier molecular flexibility index (Phi) is 6.76. The lowest BCUT2D eigenvalue weighted by Crippen LogP contribution is -2.27. The van der Waals surface area contributed by atoms with E-state index in [0.717, 1.165) is 32.3 Å². The van der Waals surface area contributed by atoms with Crippen molar-refractivity contribution < 1.29 is 4.79 Å². The fraction of sp³-hybridized carbons (Fsp3) is 0.889. The highest BCUT2D eigenvalue weighted by Crippen LogP contribution is 1.96. The summed E-state index contributed by atoms with van der Waals surface area (Å²) in [5.41, 5.74) is 0. The molecule has 0 radical (unpaired) electrons. The Morgan fingerprint density at radius 2 is 2.08 bits per heavy atom. The highest BCUT2D eigenvalue weighted by atomic mass is 16.1. The number of hydrogen-bond donors (Lipinski definition) is 1. The summed E-state index contributed by atoms with van der Waals surface area (Å²) in [7, 11) is 2.12. The molecule has 0 saturated carbocycles. The van der Waals surface area contributed by atoms with Crippen LogP contribution in [0.1, 0.15) is 26.7 Å². The molecule has 0 aliphatic carbocycles. The average Bonchev–Trinajstić information content (AvgIpc) is 2.03. The van der Waals surface area contributed by atoms with Crippen LogP contribution in [0.5, 0.6) is 0 Å². The predicted molar refractivity (Wildman–Crippen MR) is 51.1 cm³/mol. The van der Waals surface area contributed by atoms with Crippen molar-refractivity contribution in [2.45, 2.75) is 32.7 Å². The molecule has 0 unspecified atom stereocenters. The van der Waals surface area contributed by atoms with Crippen molar-refractivity contribution in [2.75, 3.05) is 20.1 Å². The second-order valence-corrected chi connectivity index (χ2v) is 3.35. The number of carbonyl (C=O) groups excluding carboxylic acids is 1. The Morgan fingerprint density at radius 3 is 2.58 bits per heavy atom. The Bertz CT molecular complexity index is 115. The number of carbonyl (C=O) groups is 1. The molecule has 0 aliphatic rings. The highest BCUT2D eigenvalue weighted by Gasteiger charge is 2.00. The zero-order valence-electron chi connectivity index (χ0n) is 8.34. The van der Waals surface area contributed by atoms with Gasteiger partial charge < -0.3 is 10.2 Å². The zero-order valence-corrected chi connectivity index (χ0v) is 8.34. The smallest absolute Gasteiger partial charge is 0.207 e. The quantitative estimate of drug-likeness (QED) is 0.456. The molecule has 72 valence electrons. The monoisotopic (exact) mass is 172 g/mol. The Morgan fingerprint density at radius 1 is 1.42 bits per heavy atom. The minimum Gasteiger partial charge on any atom is -0.359 e. The van der Waals surface area contributed by atoms with Gasteiger partial charge in [-0.1, -0.05) is 0 Å². The molecule has 0 aromatic carbocycles. The molecule has 0 spiro atoms. The SMILES string of the molecule is CC(C)N(C)CCCCNC=O. The van der Waals surface area contributed by atoms with E-state index in [4.69, 9.17) is 0 Å². The van der Waals surface area contributed by atoms with E-state index in [1.165, 1.54) is 0 Å². The molecule has 1 N–H and O–H groups in total. The van der Waals surface area contributed by atoms with Gasteiger partial charge in [-0.15, -0.1) is 0 Å². The molecule has 0 aliphatic heterocycles. The fourth-order valence-corrected chi connectivity index (χ4v) is 0.905. The van der Waals surface area contributed by atoms with E-state index in [9.17, 15) is 4.79 Å². The molecule has 0 fully saturated rings. The van der Waals surface area contributed by atoms with Crippen molar-refractivity contribution in [2.24, 2.45) is 0 Å². The summed E-state index contributed by atoms with van der Waals surface area (Å²) in [5, 5.41) is 2.65. The van der Waals surface area contributed by atoms with Gasteiger partial charge in [0, 0.05) is 12.6 Å². The van der Waals surface area contributed by atoms with Crippen molar-refractivity contribution in [3.63, 3.8) is 0 Å². The first kappa shape index (κ1) is 11.4. The third-order valence-corrected chi connectivity index (χ3v) is 2.05. The van der Waals surface area contributed by atoms with Crippen LogP contribution < -0.4 is 5.32 Å². The number of nitrogens with zero attached hydrogens (tertiary/aromatic N) is 1. The maximum atomic E-state index is 9.89. The summed E-state index contributed by atoms with van der Waals surface area (Å²) in [5.74, 6) is 0. The highest BCUT2D eigenvalue weighted by molar-refractivity contribution is 5.45. The van der Waals surface area contributed by atoms with Crippen molar-refractivity contribution in [3.05, 3.63) is 0 Å². The van der Waals surface area contributed by atoms with Gasteiger partial charge in [0.2, 0.25) is 6.41 Å². The standard InChI is InChI=1S/C9H20N2O/c1-9(2)11(3)7-5-4-6-10-8-12/h8-9H,4-7H2,1-3H3,(H,10,12). The third-order valence-electron chi connectivity index (χ3n) is 2.05. The molecule has 0 aromatic rings. The zero-order chi connectivity index (χ0) is 9.40. The average molecular weight is 172 g/mol. The van der Waals surface area contributed by atoms with Crippen molar-refractivity contribution >= 4 is 6.41 Å². The van der Waals surface area contributed by atoms with E-state index in [1.54, 1.807) is 0 Å². The van der Waals surface area contributed by atoms with Gasteiger partial charge in [0.25, 0.3) is 0 Å². The van der Waals surface area contributed by atoms with Gasteiger partial charge in [0.15, 0.2) is 0 Å². The van der Waals surface area contributed by atoms with Gasteiger partial charge in [-0.3, -0.25) is 4.79 Å². The normalized spacial score (nSPS) is 10.8. The summed E-state index contributed by atoms with van der Waals surface area (Å²) in [4.78, 5) is 12.2. The minimum absolute atomic E-state index is 0.615. The van der Waals surface area contributed by atoms with Gasteiger partial charge in [0.1, 0.15) is 0 Å². The van der Waals surface area contributed by atoms with Crippen molar-refractivity contribution in [1.29, 1.82) is 0 Å². The van der Waals surface area contributed by atoms with Crippen LogP contribution in [0.2, 0.25) is 0 Å². The topological polar surface area (TPSA) is 32.3 Å². The van der Waals surface area contributed by atoms with Crippen molar-refractivity contribution in [3.8, 4) is 0 Å². The van der Waals surface area contributed by atoms with E-state index in [-0.39, 0.29) is 0 Å². The van der Waals surface area contributed by atoms with E-state index in [0.29, 0.717) is 6.04 Å². The largest absolute Gasteiger partial charge is 0.359 e. The summed E-state index contributed by atoms with van der Waals surface area (Å²) in [6.07, 6.45) is 2.97. The van der Waals surface area contributed by atoms with Crippen LogP contribution in [0.4, 0.5) is 0 Å². The maximum absolute atomic E-state index is 9.89. The maximum Gasteiger partial charge on any atom is 0.207 e. The van der Waals surface area contributed by atoms with Crippen LogP contribution in [0.25, 0.3) is 0 Å². The lowest BCUT2D eigenvalue weighted by Gasteiger charge is -2.20. The summed E-state index contributed by atoms with van der Waals surface area (Å²) in [6.45, 7) is 6.28. The second kappa shape index (κ2) is 7.10. The van der Waals surface area contributed by atoms with Gasteiger partial charge in [-0.05, 0) is 40.3 Å². The molecule has 0 saturated heterocycles. The number of rotatable bonds is 7. The lowest BCUT2D eigenvalue weighted by atomic mass is 10.2. The Hall–Kier alpha value is -0.570. The number of nitrogens with one attached hydrogen (secondary N) is 1. The molecule has 0 bridgehead atoms. The first-order valence-electron chi connectivity index (χ1n) is 4.55. The van der Waals surface area contributed by atoms with Crippen LogP contribution in [0.15, 0.2) is 0 Å². The first-order chi connectivity index (χ1) is 5.68. The second-order valence-electron chi connectivity index (χ2n) is 3.35. The molecule has 12 heavy (non-hydrogen) atoms. The van der Waals surface area contributed by atoms with Crippen LogP contribution in [0.3, 0.4) is 0 Å². The van der Waals surface area contributed by atoms with Gasteiger partial charge in [-0.25, -0.2) is 0 Å². The number of amides is 1. The predicted octanol–water partition coefficient (Wildman–Crippen LogP) is 0.853. The summed E-state index contributed by atoms with van der Waals surface area (Å²) < 4.78 is 0. The van der Waals surface area contributed by atoms with Crippen LogP contribution >= 0.6 is 0 Å². The molecule has 3 heteroatoms. The minimum atomic E-state index is 0.615. The molecule has 0 atom stereocenters. The third kappa shape index (κ3) is 6.16. The molecule has 1 amide bonds. The summed E-state index contributed by atoms with van der Waals surface area (Å²) >= 11 is 0. The van der Waals surface area contributed by atoms with Gasteiger partial charge in [0.05, 0.1) is 0 Å². The van der Waals surface area contributed by atoms with Crippen molar-refractivity contribution in [1.82, 2.24) is 10.2 Å². The molecular weight excluding hydrogens is 152 g/mol. The van der Waals surface area contributed by atoms with Crippen LogP contribution in [0, 0.1) is 0 Å². The fourth-order valence-electron chi connectivity index (χ4n) is 0.905. The number of unbranched alkanes of at least 4 members (excludes halogenated alkanes) is 1. The number of hydrogen-bond acceptors (Lipinski definition) is 2. The Balaban J connectivity index is 3.13. The van der Waals surface area contributed by atoms with E-state index < -0.39 is 0 Å². The lowest BCUT2D eigenvalue weighted by molar-refractivity contribution is -0.109. The van der Waals surface area contributed by atoms with Crippen LogP contribution in [-0.4, -0.2) is 37.5 Å².